The second-order valence-corrected chi connectivity index (χ2v) is 6.77. The van der Waals surface area contributed by atoms with Gasteiger partial charge in [-0.3, -0.25) is 0 Å². The Labute approximate surface area is 110 Å². The van der Waals surface area contributed by atoms with Gasteiger partial charge in [0.05, 0.1) is 11.2 Å². The summed E-state index contributed by atoms with van der Waals surface area (Å²) < 4.78 is 6.10. The molecule has 0 bridgehead atoms. The minimum absolute atomic E-state index is 0.128. The zero-order valence-corrected chi connectivity index (χ0v) is 11.6. The average Bonchev–Trinajstić information content (AvgIpc) is 2.81. The summed E-state index contributed by atoms with van der Waals surface area (Å²) in [5, 5.41) is 14.5. The Morgan fingerprint density at radius 2 is 2.00 bits per heavy atom. The normalized spacial score (nSPS) is 44.3. The van der Waals surface area contributed by atoms with Crippen LogP contribution in [0.2, 0.25) is 0 Å². The van der Waals surface area contributed by atoms with E-state index in [4.69, 9.17) is 4.74 Å². The maximum atomic E-state index is 11.1. The van der Waals surface area contributed by atoms with E-state index in [1.54, 1.807) is 0 Å². The summed E-state index contributed by atoms with van der Waals surface area (Å²) in [6, 6.07) is 0. The van der Waals surface area contributed by atoms with Crippen LogP contribution in [0, 0.1) is 11.8 Å². The predicted molar refractivity (Wildman–Crippen MR) is 71.5 cm³/mol. The molecule has 2 heterocycles. The van der Waals surface area contributed by atoms with Gasteiger partial charge >= 0.3 is 0 Å². The van der Waals surface area contributed by atoms with Crippen molar-refractivity contribution < 1.29 is 9.84 Å². The number of rotatable bonds is 1. The third-order valence-corrected chi connectivity index (χ3v) is 5.72. The minimum Gasteiger partial charge on any atom is -0.389 e. The second kappa shape index (κ2) is 4.77. The SMILES string of the molecule is CC1CNCCC1(O)C1CCOC2(CCCC2)C1. The van der Waals surface area contributed by atoms with E-state index in [0.717, 1.165) is 39.0 Å². The third kappa shape index (κ3) is 2.10. The summed E-state index contributed by atoms with van der Waals surface area (Å²) in [5.41, 5.74) is -0.326. The van der Waals surface area contributed by atoms with Gasteiger partial charge in [0.1, 0.15) is 0 Å². The van der Waals surface area contributed by atoms with Crippen LogP contribution < -0.4 is 5.32 Å². The molecule has 104 valence electrons. The lowest BCUT2D eigenvalue weighted by Crippen LogP contribution is -2.56. The van der Waals surface area contributed by atoms with Crippen molar-refractivity contribution in [1.82, 2.24) is 5.32 Å². The van der Waals surface area contributed by atoms with Crippen LogP contribution in [0.25, 0.3) is 0 Å². The molecular formula is C15H27NO2. The summed E-state index contributed by atoms with van der Waals surface area (Å²) >= 11 is 0. The first-order valence-corrected chi connectivity index (χ1v) is 7.72. The summed E-state index contributed by atoms with van der Waals surface area (Å²) in [6.45, 7) is 4.97. The van der Waals surface area contributed by atoms with Crippen molar-refractivity contribution in [3.05, 3.63) is 0 Å². The fraction of sp³-hybridized carbons (Fsp3) is 1.00. The van der Waals surface area contributed by atoms with E-state index < -0.39 is 5.60 Å². The molecule has 3 aliphatic rings. The standard InChI is InChI=1S/C15H27NO2/c1-12-11-16-8-7-15(12,17)13-4-9-18-14(10-13)5-2-3-6-14/h12-13,16-17H,2-11H2,1H3. The molecule has 3 fully saturated rings. The van der Waals surface area contributed by atoms with Gasteiger partial charge in [-0.05, 0) is 50.5 Å². The lowest BCUT2D eigenvalue weighted by molar-refractivity contribution is -0.162. The van der Waals surface area contributed by atoms with Crippen molar-refractivity contribution in [1.29, 1.82) is 0 Å². The van der Waals surface area contributed by atoms with Crippen LogP contribution in [0.4, 0.5) is 0 Å². The fourth-order valence-corrected chi connectivity index (χ4v) is 4.46. The van der Waals surface area contributed by atoms with Gasteiger partial charge in [0.25, 0.3) is 0 Å². The van der Waals surface area contributed by atoms with E-state index >= 15 is 0 Å². The molecule has 3 unspecified atom stereocenters. The van der Waals surface area contributed by atoms with Crippen LogP contribution in [-0.2, 0) is 4.74 Å². The quantitative estimate of drug-likeness (QED) is 0.752. The van der Waals surface area contributed by atoms with Gasteiger partial charge in [0.2, 0.25) is 0 Å². The Kier molecular flexibility index (Phi) is 3.41. The average molecular weight is 253 g/mol. The highest BCUT2D eigenvalue weighted by atomic mass is 16.5. The van der Waals surface area contributed by atoms with Crippen molar-refractivity contribution >= 4 is 0 Å². The maximum Gasteiger partial charge on any atom is 0.0727 e. The van der Waals surface area contributed by atoms with Gasteiger partial charge in [-0.1, -0.05) is 19.8 Å². The Morgan fingerprint density at radius 1 is 1.22 bits per heavy atom. The zero-order valence-electron chi connectivity index (χ0n) is 11.6. The van der Waals surface area contributed by atoms with Crippen molar-refractivity contribution in [3.8, 4) is 0 Å². The lowest BCUT2D eigenvalue weighted by Gasteiger charge is -2.49. The number of hydrogen-bond donors (Lipinski definition) is 2. The fourth-order valence-electron chi connectivity index (χ4n) is 4.46. The summed E-state index contributed by atoms with van der Waals surface area (Å²) in [5.74, 6) is 0.814. The Bertz CT molecular complexity index is 301. The molecule has 3 nitrogen and oxygen atoms in total. The first kappa shape index (κ1) is 12.9. The van der Waals surface area contributed by atoms with Gasteiger partial charge in [0, 0.05) is 13.2 Å². The smallest absolute Gasteiger partial charge is 0.0727 e. The first-order chi connectivity index (χ1) is 8.65. The van der Waals surface area contributed by atoms with E-state index in [9.17, 15) is 5.11 Å². The number of piperidine rings is 1. The monoisotopic (exact) mass is 253 g/mol. The highest BCUT2D eigenvalue weighted by Crippen LogP contribution is 2.47. The van der Waals surface area contributed by atoms with E-state index in [0.29, 0.717) is 11.8 Å². The van der Waals surface area contributed by atoms with Crippen LogP contribution in [-0.4, -0.2) is 36.0 Å². The number of hydrogen-bond acceptors (Lipinski definition) is 3. The van der Waals surface area contributed by atoms with E-state index in [-0.39, 0.29) is 5.60 Å². The van der Waals surface area contributed by atoms with Crippen molar-refractivity contribution in [2.75, 3.05) is 19.7 Å². The molecule has 0 aromatic rings. The summed E-state index contributed by atoms with van der Waals surface area (Å²) in [7, 11) is 0. The topological polar surface area (TPSA) is 41.5 Å². The van der Waals surface area contributed by atoms with Gasteiger partial charge in [-0.25, -0.2) is 0 Å². The number of ether oxygens (including phenoxy) is 1. The summed E-state index contributed by atoms with van der Waals surface area (Å²) in [6.07, 6.45) is 8.09. The van der Waals surface area contributed by atoms with Crippen LogP contribution in [0.3, 0.4) is 0 Å². The van der Waals surface area contributed by atoms with Crippen molar-refractivity contribution in [2.45, 2.75) is 63.1 Å². The minimum atomic E-state index is -0.454. The van der Waals surface area contributed by atoms with Gasteiger partial charge in [-0.2, -0.15) is 0 Å². The molecule has 1 spiro atoms. The lowest BCUT2D eigenvalue weighted by atomic mass is 9.67. The Balaban J connectivity index is 1.74. The van der Waals surface area contributed by atoms with Gasteiger partial charge < -0.3 is 15.2 Å². The van der Waals surface area contributed by atoms with Crippen LogP contribution >= 0.6 is 0 Å². The molecular weight excluding hydrogens is 226 g/mol. The molecule has 1 saturated carbocycles. The molecule has 2 N–H and O–H groups in total. The molecule has 0 aromatic heterocycles. The zero-order chi connectivity index (χ0) is 12.6. The molecule has 18 heavy (non-hydrogen) atoms. The van der Waals surface area contributed by atoms with E-state index in [1.807, 2.05) is 0 Å². The van der Waals surface area contributed by atoms with Gasteiger partial charge in [-0.15, -0.1) is 0 Å². The molecule has 2 aliphatic heterocycles. The number of nitrogens with one attached hydrogen (secondary N) is 1. The summed E-state index contributed by atoms with van der Waals surface area (Å²) in [4.78, 5) is 0. The van der Waals surface area contributed by atoms with Crippen LogP contribution in [0.5, 0.6) is 0 Å². The molecule has 0 radical (unpaired) electrons. The van der Waals surface area contributed by atoms with Gasteiger partial charge in [0.15, 0.2) is 0 Å². The maximum absolute atomic E-state index is 11.1. The van der Waals surface area contributed by atoms with E-state index in [1.165, 1.54) is 25.7 Å². The largest absolute Gasteiger partial charge is 0.389 e. The predicted octanol–water partition coefficient (Wildman–Crippen LogP) is 2.09. The molecule has 2 saturated heterocycles. The van der Waals surface area contributed by atoms with Crippen molar-refractivity contribution in [2.24, 2.45) is 11.8 Å². The Hall–Kier alpha value is -0.120. The second-order valence-electron chi connectivity index (χ2n) is 6.77. The molecule has 3 atom stereocenters. The Morgan fingerprint density at radius 3 is 2.72 bits per heavy atom. The van der Waals surface area contributed by atoms with Crippen LogP contribution in [0.1, 0.15) is 51.9 Å². The first-order valence-electron chi connectivity index (χ1n) is 7.72. The van der Waals surface area contributed by atoms with Crippen LogP contribution in [0.15, 0.2) is 0 Å². The number of aliphatic hydroxyl groups is 1. The highest BCUT2D eigenvalue weighted by Gasteiger charge is 2.49. The molecule has 1 aliphatic carbocycles. The molecule has 3 rings (SSSR count). The highest BCUT2D eigenvalue weighted by molar-refractivity contribution is 5.01. The van der Waals surface area contributed by atoms with E-state index in [2.05, 4.69) is 12.2 Å². The molecule has 3 heteroatoms. The molecule has 0 aromatic carbocycles. The third-order valence-electron chi connectivity index (χ3n) is 5.72. The molecule has 0 amide bonds. The van der Waals surface area contributed by atoms with Crippen molar-refractivity contribution in [3.63, 3.8) is 0 Å².